The van der Waals surface area contributed by atoms with Crippen LogP contribution in [-0.2, 0) is 13.0 Å². The van der Waals surface area contributed by atoms with E-state index in [9.17, 15) is 0 Å². The molecule has 1 atom stereocenters. The highest BCUT2D eigenvalue weighted by Crippen LogP contribution is 2.29. The fraction of sp³-hybridized carbons (Fsp3) is 0.412. The summed E-state index contributed by atoms with van der Waals surface area (Å²) in [6.45, 7) is 0.831. The first-order chi connectivity index (χ1) is 10.2. The fourth-order valence-electron chi connectivity index (χ4n) is 3.04. The average Bonchev–Trinajstić information content (AvgIpc) is 2.81. The summed E-state index contributed by atoms with van der Waals surface area (Å²) in [5.41, 5.74) is 10.2. The van der Waals surface area contributed by atoms with E-state index in [1.165, 1.54) is 29.5 Å². The van der Waals surface area contributed by atoms with Crippen molar-refractivity contribution in [3.63, 3.8) is 0 Å². The van der Waals surface area contributed by atoms with Gasteiger partial charge in [-0.1, -0.05) is 22.4 Å². The minimum Gasteiger partial charge on any atom is -0.497 e. The van der Waals surface area contributed by atoms with Crippen LogP contribution in [0.25, 0.3) is 0 Å². The summed E-state index contributed by atoms with van der Waals surface area (Å²) in [4.78, 5) is 0. The van der Waals surface area contributed by atoms with Gasteiger partial charge in [0.05, 0.1) is 7.11 Å². The van der Waals surface area contributed by atoms with Crippen molar-refractivity contribution >= 4 is 15.9 Å². The third-order valence-electron chi connectivity index (χ3n) is 4.21. The largest absolute Gasteiger partial charge is 0.497 e. The molecule has 2 N–H and O–H groups in total. The lowest BCUT2D eigenvalue weighted by Gasteiger charge is -2.09. The Morgan fingerprint density at radius 2 is 2.19 bits per heavy atom. The van der Waals surface area contributed by atoms with Crippen LogP contribution in [0.5, 0.6) is 5.75 Å². The predicted octanol–water partition coefficient (Wildman–Crippen LogP) is 4.03. The Morgan fingerprint density at radius 1 is 1.33 bits per heavy atom. The smallest absolute Gasteiger partial charge is 0.119 e. The van der Waals surface area contributed by atoms with Gasteiger partial charge in [-0.15, -0.1) is 0 Å². The zero-order valence-electron chi connectivity index (χ0n) is 12.3. The molecular formula is C17H21BrN2O. The molecule has 112 valence electrons. The van der Waals surface area contributed by atoms with Crippen LogP contribution in [-0.4, -0.2) is 11.7 Å². The molecule has 1 aromatic carbocycles. The van der Waals surface area contributed by atoms with E-state index in [2.05, 4.69) is 39.0 Å². The zero-order valence-corrected chi connectivity index (χ0v) is 13.9. The van der Waals surface area contributed by atoms with Crippen LogP contribution in [0.1, 0.15) is 42.0 Å². The summed E-state index contributed by atoms with van der Waals surface area (Å²) in [7, 11) is 1.70. The third kappa shape index (κ3) is 3.16. The molecule has 0 radical (unpaired) electrons. The Labute approximate surface area is 134 Å². The minimum atomic E-state index is 0.192. The summed E-state index contributed by atoms with van der Waals surface area (Å²) in [5, 5.41) is 0. The number of aryl methyl sites for hydroxylation is 1. The summed E-state index contributed by atoms with van der Waals surface area (Å²) in [6.07, 6.45) is 9.20. The number of hydrogen-bond acceptors (Lipinski definition) is 2. The lowest BCUT2D eigenvalue weighted by Crippen LogP contribution is -2.09. The first-order valence-electron chi connectivity index (χ1n) is 7.44. The lowest BCUT2D eigenvalue weighted by molar-refractivity contribution is 0.414. The van der Waals surface area contributed by atoms with Gasteiger partial charge < -0.3 is 15.0 Å². The average molecular weight is 349 g/mol. The summed E-state index contributed by atoms with van der Waals surface area (Å²) >= 11 is 3.62. The van der Waals surface area contributed by atoms with Gasteiger partial charge in [0.15, 0.2) is 0 Å². The maximum absolute atomic E-state index is 6.29. The summed E-state index contributed by atoms with van der Waals surface area (Å²) < 4.78 is 8.67. The van der Waals surface area contributed by atoms with Crippen LogP contribution in [0.15, 0.2) is 35.1 Å². The molecule has 21 heavy (non-hydrogen) atoms. The number of rotatable bonds is 3. The van der Waals surface area contributed by atoms with Gasteiger partial charge in [0.25, 0.3) is 0 Å². The maximum Gasteiger partial charge on any atom is 0.119 e. The van der Waals surface area contributed by atoms with E-state index in [0.717, 1.165) is 29.6 Å². The van der Waals surface area contributed by atoms with E-state index in [1.54, 1.807) is 7.11 Å². The molecule has 3 nitrogen and oxygen atoms in total. The molecule has 0 bridgehead atoms. The molecule has 0 amide bonds. The lowest BCUT2D eigenvalue weighted by atomic mass is 10.1. The van der Waals surface area contributed by atoms with Gasteiger partial charge in [0.1, 0.15) is 5.75 Å². The summed E-state index contributed by atoms with van der Waals surface area (Å²) in [6, 6.07) is 6.27. The highest BCUT2D eigenvalue weighted by atomic mass is 79.9. The number of fused-ring (bicyclic) bond motifs is 1. The van der Waals surface area contributed by atoms with Crippen molar-refractivity contribution in [3.05, 3.63) is 51.8 Å². The van der Waals surface area contributed by atoms with Crippen molar-refractivity contribution < 1.29 is 4.74 Å². The first-order valence-corrected chi connectivity index (χ1v) is 8.23. The van der Waals surface area contributed by atoms with Gasteiger partial charge in [0.2, 0.25) is 0 Å². The van der Waals surface area contributed by atoms with Crippen molar-refractivity contribution in [3.8, 4) is 5.75 Å². The third-order valence-corrected chi connectivity index (χ3v) is 4.99. The van der Waals surface area contributed by atoms with E-state index in [-0.39, 0.29) is 6.04 Å². The van der Waals surface area contributed by atoms with Gasteiger partial charge in [-0.05, 0) is 54.2 Å². The minimum absolute atomic E-state index is 0.192. The van der Waals surface area contributed by atoms with Crippen molar-refractivity contribution in [2.24, 2.45) is 5.73 Å². The number of halogens is 1. The van der Waals surface area contributed by atoms with Crippen molar-refractivity contribution in [2.45, 2.75) is 38.3 Å². The molecule has 3 rings (SSSR count). The molecule has 0 aliphatic heterocycles. The molecule has 0 spiro atoms. The Bertz CT molecular complexity index is 636. The highest BCUT2D eigenvalue weighted by Gasteiger charge is 2.17. The predicted molar refractivity (Wildman–Crippen MR) is 88.7 cm³/mol. The second kappa shape index (κ2) is 6.24. The Hall–Kier alpha value is -1.26. The number of methoxy groups -OCH3 is 1. The van der Waals surface area contributed by atoms with Gasteiger partial charge in [-0.3, -0.25) is 0 Å². The number of nitrogens with two attached hydrogens (primary N) is 1. The van der Waals surface area contributed by atoms with Crippen LogP contribution in [0.2, 0.25) is 0 Å². The van der Waals surface area contributed by atoms with Crippen LogP contribution in [0.3, 0.4) is 0 Å². The van der Waals surface area contributed by atoms with Gasteiger partial charge in [-0.25, -0.2) is 0 Å². The van der Waals surface area contributed by atoms with Gasteiger partial charge in [-0.2, -0.15) is 0 Å². The standard InChI is InChI=1S/C17H21BrN2O/c1-21-14-6-7-16(18)13(8-14)10-20-9-12-4-2-3-5-17(19)15(12)11-20/h6-9,11,17H,2-5,10,19H2,1H3. The number of nitrogens with zero attached hydrogens (tertiary/aromatic N) is 1. The maximum atomic E-state index is 6.29. The van der Waals surface area contributed by atoms with Crippen molar-refractivity contribution in [1.29, 1.82) is 0 Å². The molecule has 2 aromatic rings. The number of aromatic nitrogens is 1. The molecule has 1 unspecified atom stereocenters. The molecule has 1 heterocycles. The van der Waals surface area contributed by atoms with Crippen molar-refractivity contribution in [1.82, 2.24) is 4.57 Å². The second-order valence-electron chi connectivity index (χ2n) is 5.72. The molecule has 1 aromatic heterocycles. The second-order valence-corrected chi connectivity index (χ2v) is 6.58. The summed E-state index contributed by atoms with van der Waals surface area (Å²) in [5.74, 6) is 0.888. The molecule has 0 fully saturated rings. The van der Waals surface area contributed by atoms with E-state index >= 15 is 0 Å². The van der Waals surface area contributed by atoms with E-state index in [0.29, 0.717) is 0 Å². The molecule has 0 saturated heterocycles. The fourth-order valence-corrected chi connectivity index (χ4v) is 3.41. The molecule has 1 aliphatic carbocycles. The Kier molecular flexibility index (Phi) is 4.36. The van der Waals surface area contributed by atoms with Gasteiger partial charge >= 0.3 is 0 Å². The van der Waals surface area contributed by atoms with E-state index < -0.39 is 0 Å². The van der Waals surface area contributed by atoms with Crippen LogP contribution < -0.4 is 10.5 Å². The number of hydrogen-bond donors (Lipinski definition) is 1. The topological polar surface area (TPSA) is 40.2 Å². The Balaban J connectivity index is 1.87. The molecular weight excluding hydrogens is 328 g/mol. The van der Waals surface area contributed by atoms with Gasteiger partial charge in [0, 0.05) is 29.5 Å². The highest BCUT2D eigenvalue weighted by molar-refractivity contribution is 9.10. The van der Waals surface area contributed by atoms with E-state index in [1.807, 2.05) is 12.1 Å². The van der Waals surface area contributed by atoms with E-state index in [4.69, 9.17) is 10.5 Å². The van der Waals surface area contributed by atoms with Crippen LogP contribution in [0, 0.1) is 0 Å². The number of ether oxygens (including phenoxy) is 1. The SMILES string of the molecule is COc1ccc(Br)c(Cn2cc3c(c2)C(N)CCCC3)c1. The molecule has 0 saturated carbocycles. The van der Waals surface area contributed by atoms with Crippen molar-refractivity contribution in [2.75, 3.05) is 7.11 Å². The monoisotopic (exact) mass is 348 g/mol. The number of benzene rings is 1. The molecule has 4 heteroatoms. The quantitative estimate of drug-likeness (QED) is 0.850. The van der Waals surface area contributed by atoms with Crippen LogP contribution in [0.4, 0.5) is 0 Å². The zero-order chi connectivity index (χ0) is 14.8. The first kappa shape index (κ1) is 14.7. The van der Waals surface area contributed by atoms with Crippen LogP contribution >= 0.6 is 15.9 Å². The molecule has 1 aliphatic rings. The Morgan fingerprint density at radius 3 is 3.00 bits per heavy atom. The normalized spacial score (nSPS) is 18.1.